The lowest BCUT2D eigenvalue weighted by Gasteiger charge is -2.34. The summed E-state index contributed by atoms with van der Waals surface area (Å²) in [5, 5.41) is 21.9. The number of carbonyl (C=O) groups excluding carboxylic acids is 1. The lowest BCUT2D eigenvalue weighted by Crippen LogP contribution is -2.49. The van der Waals surface area contributed by atoms with Crippen LogP contribution in [0.15, 0.2) is 16.8 Å². The number of carbonyl (C=O) groups is 3. The molecule has 7 heteroatoms. The second kappa shape index (κ2) is 6.04. The first-order valence-corrected chi connectivity index (χ1v) is 7.17. The van der Waals surface area contributed by atoms with Gasteiger partial charge in [0.1, 0.15) is 0 Å². The van der Waals surface area contributed by atoms with Crippen molar-refractivity contribution in [1.29, 1.82) is 0 Å². The highest BCUT2D eigenvalue weighted by Crippen LogP contribution is 2.25. The van der Waals surface area contributed by atoms with Crippen LogP contribution in [0.5, 0.6) is 0 Å². The summed E-state index contributed by atoms with van der Waals surface area (Å²) in [4.78, 5) is 35.7. The Labute approximate surface area is 119 Å². The van der Waals surface area contributed by atoms with Crippen LogP contribution in [0, 0.1) is 11.8 Å². The number of nitrogens with zero attached hydrogens (tertiary/aromatic N) is 1. The zero-order chi connectivity index (χ0) is 14.7. The Bertz CT molecular complexity index is 513. The summed E-state index contributed by atoms with van der Waals surface area (Å²) in [7, 11) is 0. The number of likely N-dealkylation sites (tertiary alicyclic amines) is 1. The number of rotatable bonds is 4. The van der Waals surface area contributed by atoms with Gasteiger partial charge in [-0.25, -0.2) is 0 Å². The molecule has 108 valence electrons. The van der Waals surface area contributed by atoms with Crippen molar-refractivity contribution in [1.82, 2.24) is 4.90 Å². The number of thiophene rings is 1. The SMILES string of the molecule is O=C(O)C1CCN(C(=O)Cc2ccsc2)CC1C(=O)O. The molecule has 2 rings (SSSR count). The minimum Gasteiger partial charge on any atom is -0.481 e. The Kier molecular flexibility index (Phi) is 4.39. The van der Waals surface area contributed by atoms with Crippen molar-refractivity contribution in [3.05, 3.63) is 22.4 Å². The lowest BCUT2D eigenvalue weighted by atomic mass is 9.85. The van der Waals surface area contributed by atoms with E-state index < -0.39 is 23.8 Å². The van der Waals surface area contributed by atoms with E-state index in [1.165, 1.54) is 16.2 Å². The molecule has 1 fully saturated rings. The van der Waals surface area contributed by atoms with E-state index in [0.29, 0.717) is 6.54 Å². The first-order chi connectivity index (χ1) is 9.49. The van der Waals surface area contributed by atoms with E-state index in [2.05, 4.69) is 0 Å². The first kappa shape index (κ1) is 14.5. The topological polar surface area (TPSA) is 94.9 Å². The van der Waals surface area contributed by atoms with Gasteiger partial charge in [-0.05, 0) is 28.8 Å². The van der Waals surface area contributed by atoms with Crippen LogP contribution in [0.25, 0.3) is 0 Å². The highest BCUT2D eigenvalue weighted by Gasteiger charge is 2.39. The quantitative estimate of drug-likeness (QED) is 0.862. The minimum absolute atomic E-state index is 0.0325. The van der Waals surface area contributed by atoms with Crippen molar-refractivity contribution in [2.75, 3.05) is 13.1 Å². The maximum atomic E-state index is 12.1. The van der Waals surface area contributed by atoms with Crippen LogP contribution in [0.3, 0.4) is 0 Å². The van der Waals surface area contributed by atoms with E-state index in [9.17, 15) is 14.4 Å². The summed E-state index contributed by atoms with van der Waals surface area (Å²) < 4.78 is 0. The average molecular weight is 297 g/mol. The highest BCUT2D eigenvalue weighted by atomic mass is 32.1. The van der Waals surface area contributed by atoms with Crippen molar-refractivity contribution in [3.63, 3.8) is 0 Å². The molecule has 1 aromatic heterocycles. The normalized spacial score (nSPS) is 22.5. The van der Waals surface area contributed by atoms with Crippen LogP contribution in [0.2, 0.25) is 0 Å². The number of hydrogen-bond acceptors (Lipinski definition) is 4. The van der Waals surface area contributed by atoms with E-state index in [-0.39, 0.29) is 25.3 Å². The number of aliphatic carboxylic acids is 2. The molecule has 0 radical (unpaired) electrons. The molecule has 2 atom stereocenters. The molecule has 1 saturated heterocycles. The Morgan fingerprint density at radius 1 is 1.25 bits per heavy atom. The summed E-state index contributed by atoms with van der Waals surface area (Å²) in [6, 6.07) is 1.85. The van der Waals surface area contributed by atoms with E-state index in [1.807, 2.05) is 16.8 Å². The fourth-order valence-electron chi connectivity index (χ4n) is 2.40. The zero-order valence-electron chi connectivity index (χ0n) is 10.7. The van der Waals surface area contributed by atoms with Gasteiger partial charge in [0.15, 0.2) is 0 Å². The van der Waals surface area contributed by atoms with Gasteiger partial charge >= 0.3 is 11.9 Å². The van der Waals surface area contributed by atoms with E-state index in [1.54, 1.807) is 0 Å². The Balaban J connectivity index is 2.02. The van der Waals surface area contributed by atoms with Crippen molar-refractivity contribution in [2.45, 2.75) is 12.8 Å². The van der Waals surface area contributed by atoms with Crippen LogP contribution in [0.1, 0.15) is 12.0 Å². The Morgan fingerprint density at radius 2 is 1.95 bits per heavy atom. The molecule has 6 nitrogen and oxygen atoms in total. The number of hydrogen-bond donors (Lipinski definition) is 2. The number of piperidine rings is 1. The highest BCUT2D eigenvalue weighted by molar-refractivity contribution is 7.07. The zero-order valence-corrected chi connectivity index (χ0v) is 11.5. The van der Waals surface area contributed by atoms with Gasteiger partial charge in [-0.1, -0.05) is 0 Å². The van der Waals surface area contributed by atoms with E-state index >= 15 is 0 Å². The monoisotopic (exact) mass is 297 g/mol. The molecule has 20 heavy (non-hydrogen) atoms. The maximum absolute atomic E-state index is 12.1. The standard InChI is InChI=1S/C13H15NO5S/c15-11(5-8-2-4-20-7-8)14-3-1-9(12(16)17)10(6-14)13(18)19/h2,4,7,9-10H,1,3,5-6H2,(H,16,17)(H,18,19). The van der Waals surface area contributed by atoms with Gasteiger partial charge in [0.25, 0.3) is 0 Å². The molecular weight excluding hydrogens is 282 g/mol. The van der Waals surface area contributed by atoms with Gasteiger partial charge < -0.3 is 15.1 Å². The van der Waals surface area contributed by atoms with Gasteiger partial charge in [-0.15, -0.1) is 0 Å². The summed E-state index contributed by atoms with van der Waals surface area (Å²) in [5.41, 5.74) is 0.896. The molecule has 1 aromatic rings. The predicted molar refractivity (Wildman–Crippen MR) is 71.5 cm³/mol. The van der Waals surface area contributed by atoms with Crippen molar-refractivity contribution < 1.29 is 24.6 Å². The molecule has 2 N–H and O–H groups in total. The van der Waals surface area contributed by atoms with E-state index in [4.69, 9.17) is 10.2 Å². The van der Waals surface area contributed by atoms with Crippen LogP contribution in [-0.2, 0) is 20.8 Å². The molecule has 0 aromatic carbocycles. The fraction of sp³-hybridized carbons (Fsp3) is 0.462. The third-order valence-corrected chi connectivity index (χ3v) is 4.27. The molecule has 2 unspecified atom stereocenters. The van der Waals surface area contributed by atoms with Crippen molar-refractivity contribution in [2.24, 2.45) is 11.8 Å². The summed E-state index contributed by atoms with van der Waals surface area (Å²) >= 11 is 1.50. The lowest BCUT2D eigenvalue weighted by molar-refractivity contribution is -0.159. The summed E-state index contributed by atoms with van der Waals surface area (Å²) in [6.45, 7) is 0.263. The molecule has 1 aliphatic rings. The van der Waals surface area contributed by atoms with Gasteiger partial charge in [0, 0.05) is 13.1 Å². The Morgan fingerprint density at radius 3 is 2.50 bits per heavy atom. The maximum Gasteiger partial charge on any atom is 0.309 e. The molecule has 1 aliphatic heterocycles. The average Bonchev–Trinajstić information content (AvgIpc) is 2.90. The second-order valence-electron chi connectivity index (χ2n) is 4.83. The largest absolute Gasteiger partial charge is 0.481 e. The van der Waals surface area contributed by atoms with Crippen LogP contribution in [0.4, 0.5) is 0 Å². The van der Waals surface area contributed by atoms with Crippen molar-refractivity contribution in [3.8, 4) is 0 Å². The van der Waals surface area contributed by atoms with Crippen LogP contribution < -0.4 is 0 Å². The van der Waals surface area contributed by atoms with Gasteiger partial charge in [-0.3, -0.25) is 14.4 Å². The summed E-state index contributed by atoms with van der Waals surface area (Å²) in [6.07, 6.45) is 0.412. The fourth-order valence-corrected chi connectivity index (χ4v) is 3.07. The minimum atomic E-state index is -1.16. The van der Waals surface area contributed by atoms with Crippen LogP contribution in [-0.4, -0.2) is 46.0 Å². The predicted octanol–water partition coefficient (Wildman–Crippen LogP) is 0.924. The molecule has 0 aliphatic carbocycles. The summed E-state index contributed by atoms with van der Waals surface area (Å²) in [5.74, 6) is -4.38. The molecular formula is C13H15NO5S. The van der Waals surface area contributed by atoms with Crippen molar-refractivity contribution >= 4 is 29.2 Å². The van der Waals surface area contributed by atoms with E-state index in [0.717, 1.165) is 5.56 Å². The third kappa shape index (κ3) is 3.16. The molecule has 1 amide bonds. The van der Waals surface area contributed by atoms with Crippen LogP contribution >= 0.6 is 11.3 Å². The second-order valence-corrected chi connectivity index (χ2v) is 5.61. The number of amides is 1. The molecule has 0 saturated carbocycles. The third-order valence-electron chi connectivity index (χ3n) is 3.54. The van der Waals surface area contributed by atoms with Gasteiger partial charge in [-0.2, -0.15) is 11.3 Å². The Hall–Kier alpha value is -1.89. The molecule has 0 bridgehead atoms. The van der Waals surface area contributed by atoms with Gasteiger partial charge in [0.2, 0.25) is 5.91 Å². The van der Waals surface area contributed by atoms with Gasteiger partial charge in [0.05, 0.1) is 18.3 Å². The molecule has 0 spiro atoms. The first-order valence-electron chi connectivity index (χ1n) is 6.23. The molecule has 2 heterocycles. The number of carboxylic acid groups (broad SMARTS) is 2. The smallest absolute Gasteiger partial charge is 0.309 e. The number of carboxylic acids is 2.